The molecule has 0 saturated carbocycles. The van der Waals surface area contributed by atoms with Crippen LogP contribution in [0.3, 0.4) is 0 Å². The van der Waals surface area contributed by atoms with Crippen LogP contribution in [-0.4, -0.2) is 98.4 Å². The molecule has 2 aromatic carbocycles. The number of allylic oxidation sites excluding steroid dienone is 2. The van der Waals surface area contributed by atoms with E-state index in [2.05, 4.69) is 41.2 Å². The Labute approximate surface area is 331 Å². The second-order valence-electron chi connectivity index (χ2n) is 15.0. The van der Waals surface area contributed by atoms with Gasteiger partial charge in [-0.2, -0.15) is 5.26 Å². The van der Waals surface area contributed by atoms with Gasteiger partial charge in [-0.1, -0.05) is 67.9 Å². The highest BCUT2D eigenvalue weighted by atomic mass is 35.5. The minimum Gasteiger partial charge on any atom is -0.488 e. The standard InChI is InChI=1S/C42H49ClN4O9/c1-39(2)33(31-9-5-4-6-10-31)11-7-12-42(39,56-18-8-15-47-16-13-41(53,14-17-47)38(51)52)28-55-36-21-35(54-26-30-19-29(22-44)23-45-24-30)32(20-34(36)43)25-46-40(3,27-48)37(49)50/h4-7,9-12,19-21,23-24,46,48,53H,8,13-18,25-28H2,1-3H3,(H,49,50)(H,51,52)/t40?,42-/m0/s1. The van der Waals surface area contributed by atoms with Crippen LogP contribution in [0.25, 0.3) is 5.57 Å². The Morgan fingerprint density at radius 3 is 2.46 bits per heavy atom. The molecule has 1 saturated heterocycles. The first kappa shape index (κ1) is 42.3. The molecule has 1 aromatic heterocycles. The van der Waals surface area contributed by atoms with Gasteiger partial charge in [-0.15, -0.1) is 0 Å². The van der Waals surface area contributed by atoms with E-state index in [9.17, 15) is 35.3 Å². The van der Waals surface area contributed by atoms with E-state index in [-0.39, 0.29) is 37.6 Å². The number of ether oxygens (including phenoxy) is 3. The van der Waals surface area contributed by atoms with Gasteiger partial charge in [0.2, 0.25) is 0 Å². The number of nitrogens with one attached hydrogen (secondary N) is 1. The molecule has 56 heavy (non-hydrogen) atoms. The Kier molecular flexibility index (Phi) is 13.6. The number of hydrogen-bond acceptors (Lipinski definition) is 11. The predicted molar refractivity (Wildman–Crippen MR) is 209 cm³/mol. The number of rotatable bonds is 18. The fraction of sp³-hybridized carbons (Fsp3) is 0.429. The molecule has 0 radical (unpaired) electrons. The van der Waals surface area contributed by atoms with E-state index in [0.717, 1.165) is 11.1 Å². The van der Waals surface area contributed by atoms with Crippen LogP contribution in [0.5, 0.6) is 11.5 Å². The van der Waals surface area contributed by atoms with E-state index in [1.54, 1.807) is 24.4 Å². The van der Waals surface area contributed by atoms with Crippen LogP contribution < -0.4 is 14.8 Å². The third-order valence-electron chi connectivity index (χ3n) is 10.8. The maximum atomic E-state index is 11.9. The van der Waals surface area contributed by atoms with Crippen LogP contribution in [0.4, 0.5) is 0 Å². The van der Waals surface area contributed by atoms with Crippen molar-refractivity contribution >= 4 is 29.1 Å². The largest absolute Gasteiger partial charge is 0.488 e. The first-order valence-electron chi connectivity index (χ1n) is 18.4. The van der Waals surface area contributed by atoms with E-state index in [1.807, 2.05) is 42.5 Å². The molecule has 298 valence electrons. The average molecular weight is 789 g/mol. The van der Waals surface area contributed by atoms with Gasteiger partial charge in [0.1, 0.15) is 41.9 Å². The van der Waals surface area contributed by atoms with Gasteiger partial charge >= 0.3 is 11.9 Å². The zero-order chi connectivity index (χ0) is 40.6. The first-order chi connectivity index (χ1) is 26.6. The normalized spacial score (nSPS) is 20.0. The lowest BCUT2D eigenvalue weighted by molar-refractivity contribution is -0.163. The fourth-order valence-corrected chi connectivity index (χ4v) is 7.08. The third-order valence-corrected chi connectivity index (χ3v) is 11.1. The summed E-state index contributed by atoms with van der Waals surface area (Å²) >= 11 is 6.87. The van der Waals surface area contributed by atoms with Crippen LogP contribution in [0, 0.1) is 16.7 Å². The van der Waals surface area contributed by atoms with Crippen molar-refractivity contribution in [1.82, 2.24) is 15.2 Å². The molecule has 13 nitrogen and oxygen atoms in total. The molecular weight excluding hydrogens is 740 g/mol. The quantitative estimate of drug-likeness (QED) is 0.105. The molecule has 1 aliphatic heterocycles. The Balaban J connectivity index is 1.40. The number of carbonyl (C=O) groups is 2. The van der Waals surface area contributed by atoms with Crippen molar-refractivity contribution in [2.45, 2.75) is 69.9 Å². The average Bonchev–Trinajstić information content (AvgIpc) is 3.19. The van der Waals surface area contributed by atoms with Crippen molar-refractivity contribution < 1.29 is 44.2 Å². The number of nitrogens with zero attached hydrogens (tertiary/aromatic N) is 3. The molecule has 0 amide bonds. The summed E-state index contributed by atoms with van der Waals surface area (Å²) < 4.78 is 19.6. The van der Waals surface area contributed by atoms with E-state index in [1.165, 1.54) is 13.1 Å². The fourth-order valence-electron chi connectivity index (χ4n) is 6.84. The van der Waals surface area contributed by atoms with Crippen LogP contribution in [-0.2, 0) is 27.5 Å². The monoisotopic (exact) mass is 788 g/mol. The number of nitriles is 1. The van der Waals surface area contributed by atoms with Crippen molar-refractivity contribution in [3.63, 3.8) is 0 Å². The van der Waals surface area contributed by atoms with E-state index in [4.69, 9.17) is 25.8 Å². The van der Waals surface area contributed by atoms with Crippen molar-refractivity contribution in [2.75, 3.05) is 39.5 Å². The molecule has 0 spiro atoms. The van der Waals surface area contributed by atoms with Gasteiger partial charge in [0.15, 0.2) is 5.60 Å². The number of halogens is 1. The summed E-state index contributed by atoms with van der Waals surface area (Å²) in [5.74, 6) is -1.79. The summed E-state index contributed by atoms with van der Waals surface area (Å²) in [4.78, 5) is 29.7. The molecule has 1 aliphatic carbocycles. The van der Waals surface area contributed by atoms with Crippen LogP contribution in [0.1, 0.15) is 62.3 Å². The number of carboxylic acids is 2. The minimum atomic E-state index is -1.69. The molecule has 3 aromatic rings. The van der Waals surface area contributed by atoms with Gasteiger partial charge in [0.25, 0.3) is 0 Å². The number of likely N-dealkylation sites (tertiary alicyclic amines) is 1. The molecule has 2 atom stereocenters. The second kappa shape index (κ2) is 18.0. The molecular formula is C42H49ClN4O9. The Hall–Kier alpha value is -4.81. The van der Waals surface area contributed by atoms with Gasteiger partial charge < -0.3 is 39.5 Å². The molecule has 14 heteroatoms. The molecule has 1 fully saturated rings. The van der Waals surface area contributed by atoms with Gasteiger partial charge in [0, 0.05) is 67.8 Å². The Morgan fingerprint density at radius 2 is 1.80 bits per heavy atom. The number of hydrogen-bond donors (Lipinski definition) is 5. The summed E-state index contributed by atoms with van der Waals surface area (Å²) in [6.45, 7) is 6.93. The predicted octanol–water partition coefficient (Wildman–Crippen LogP) is 5.23. The molecule has 2 heterocycles. The van der Waals surface area contributed by atoms with E-state index >= 15 is 0 Å². The number of aliphatic hydroxyl groups excluding tert-OH is 1. The Morgan fingerprint density at radius 1 is 1.07 bits per heavy atom. The highest BCUT2D eigenvalue weighted by Gasteiger charge is 2.49. The summed E-state index contributed by atoms with van der Waals surface area (Å²) in [6, 6.07) is 17.0. The number of pyridine rings is 1. The summed E-state index contributed by atoms with van der Waals surface area (Å²) in [5, 5.41) is 51.8. The van der Waals surface area contributed by atoms with Crippen molar-refractivity contribution in [3.05, 3.63) is 106 Å². The van der Waals surface area contributed by atoms with E-state index < -0.39 is 40.7 Å². The van der Waals surface area contributed by atoms with Crippen molar-refractivity contribution in [2.24, 2.45) is 5.41 Å². The molecule has 2 aliphatic rings. The number of aliphatic hydroxyl groups is 2. The molecule has 0 bridgehead atoms. The lowest BCUT2D eigenvalue weighted by atomic mass is 9.65. The maximum absolute atomic E-state index is 11.9. The molecule has 5 rings (SSSR count). The SMILES string of the molecule is CC(CO)(NCc1cc(Cl)c(OC[C@@]2(OCCCN3CCC(O)(C(=O)O)CC3)C=CC=C(c3ccccc3)C2(C)C)cc1OCc1cncc(C#N)c1)C(=O)O. The molecule has 1 unspecified atom stereocenters. The smallest absolute Gasteiger partial charge is 0.335 e. The van der Waals surface area contributed by atoms with Gasteiger partial charge in [-0.25, -0.2) is 4.79 Å². The summed E-state index contributed by atoms with van der Waals surface area (Å²) in [6.07, 6.45) is 10.0. The zero-order valence-electron chi connectivity index (χ0n) is 31.8. The maximum Gasteiger partial charge on any atom is 0.335 e. The highest BCUT2D eigenvalue weighted by Crippen LogP contribution is 2.49. The van der Waals surface area contributed by atoms with Crippen LogP contribution in [0.15, 0.2) is 79.2 Å². The van der Waals surface area contributed by atoms with Gasteiger partial charge in [0.05, 0.1) is 17.2 Å². The minimum absolute atomic E-state index is 0.0180. The van der Waals surface area contributed by atoms with Crippen LogP contribution >= 0.6 is 11.6 Å². The number of carboxylic acid groups (broad SMARTS) is 2. The number of aliphatic carboxylic acids is 2. The molecule has 5 N–H and O–H groups in total. The topological polar surface area (TPSA) is 195 Å². The van der Waals surface area contributed by atoms with E-state index in [0.29, 0.717) is 60.9 Å². The zero-order valence-corrected chi connectivity index (χ0v) is 32.6. The Bertz CT molecular complexity index is 1970. The van der Waals surface area contributed by atoms with Gasteiger partial charge in [-0.05, 0) is 55.5 Å². The number of aromatic nitrogens is 1. The summed E-state index contributed by atoms with van der Waals surface area (Å²) in [5.41, 5.74) is -1.35. The van der Waals surface area contributed by atoms with Crippen molar-refractivity contribution in [3.8, 4) is 17.6 Å². The lowest BCUT2D eigenvalue weighted by Crippen LogP contribution is -2.52. The first-order valence-corrected chi connectivity index (χ1v) is 18.8. The number of benzene rings is 2. The number of piperidine rings is 1. The lowest BCUT2D eigenvalue weighted by Gasteiger charge is -2.47. The summed E-state index contributed by atoms with van der Waals surface area (Å²) in [7, 11) is 0. The van der Waals surface area contributed by atoms with Crippen LogP contribution in [0.2, 0.25) is 5.02 Å². The highest BCUT2D eigenvalue weighted by molar-refractivity contribution is 6.32. The van der Waals surface area contributed by atoms with Crippen molar-refractivity contribution in [1.29, 1.82) is 5.26 Å². The third kappa shape index (κ3) is 9.58. The van der Waals surface area contributed by atoms with Gasteiger partial charge in [-0.3, -0.25) is 15.1 Å². The second-order valence-corrected chi connectivity index (χ2v) is 15.4.